The topological polar surface area (TPSA) is 40.5 Å². The van der Waals surface area contributed by atoms with Crippen LogP contribution in [-0.4, -0.2) is 36.5 Å². The lowest BCUT2D eigenvalue weighted by Crippen LogP contribution is -2.39. The number of benzene rings is 1. The van der Waals surface area contributed by atoms with Crippen molar-refractivity contribution >= 4 is 17.3 Å². The number of aromatic nitrogens is 1. The Morgan fingerprint density at radius 3 is 2.61 bits per heavy atom. The average molecular weight is 331 g/mol. The van der Waals surface area contributed by atoms with Gasteiger partial charge >= 0.3 is 0 Å². The molecule has 0 amide bonds. The highest BCUT2D eigenvalue weighted by Gasteiger charge is 2.06. The van der Waals surface area contributed by atoms with Crippen molar-refractivity contribution in [1.82, 2.24) is 15.2 Å². The van der Waals surface area contributed by atoms with Gasteiger partial charge in [0.25, 0.3) is 0 Å². The third kappa shape index (κ3) is 5.67. The third-order valence-corrected chi connectivity index (χ3v) is 4.66. The summed E-state index contributed by atoms with van der Waals surface area (Å²) < 4.78 is 0. The summed E-state index contributed by atoms with van der Waals surface area (Å²) in [5.74, 6) is 0.931. The first-order chi connectivity index (χ1) is 11.1. The van der Waals surface area contributed by atoms with Gasteiger partial charge in [0, 0.05) is 44.7 Å². The van der Waals surface area contributed by atoms with Crippen LogP contribution >= 0.6 is 11.3 Å². The van der Waals surface area contributed by atoms with Crippen molar-refractivity contribution in [3.8, 4) is 0 Å². The number of aryl methyl sites for hydroxylation is 3. The Hall–Kier alpha value is -1.88. The number of thiazole rings is 1. The van der Waals surface area contributed by atoms with E-state index in [1.165, 1.54) is 16.1 Å². The molecule has 4 nitrogen and oxygen atoms in total. The fourth-order valence-electron chi connectivity index (χ4n) is 2.38. The summed E-state index contributed by atoms with van der Waals surface area (Å²) in [6, 6.07) is 8.64. The molecule has 0 saturated carbocycles. The number of aliphatic imine (C=N–C) groups is 1. The van der Waals surface area contributed by atoms with E-state index in [0.29, 0.717) is 0 Å². The van der Waals surface area contributed by atoms with Crippen molar-refractivity contribution < 1.29 is 0 Å². The molecule has 1 aromatic carbocycles. The van der Waals surface area contributed by atoms with Gasteiger partial charge < -0.3 is 10.2 Å². The molecule has 0 aliphatic heterocycles. The van der Waals surface area contributed by atoms with Crippen LogP contribution in [-0.2, 0) is 13.0 Å². The molecule has 2 aromatic rings. The van der Waals surface area contributed by atoms with Crippen molar-refractivity contribution in [2.75, 3.05) is 20.6 Å². The van der Waals surface area contributed by atoms with E-state index >= 15 is 0 Å². The molecule has 0 unspecified atom stereocenters. The van der Waals surface area contributed by atoms with Crippen LogP contribution in [0.3, 0.4) is 0 Å². The first-order valence-electron chi connectivity index (χ1n) is 7.97. The Morgan fingerprint density at radius 1 is 1.26 bits per heavy atom. The van der Waals surface area contributed by atoms with Crippen LogP contribution < -0.4 is 5.32 Å². The molecule has 0 atom stereocenters. The normalized spacial score (nSPS) is 11.6. The second-order valence-electron chi connectivity index (χ2n) is 5.80. The lowest BCUT2D eigenvalue weighted by molar-refractivity contribution is 0.476. The lowest BCUT2D eigenvalue weighted by Gasteiger charge is -2.22. The van der Waals surface area contributed by atoms with Gasteiger partial charge in [-0.3, -0.25) is 4.99 Å². The molecule has 0 aliphatic carbocycles. The number of guanidine groups is 1. The molecular weight excluding hydrogens is 304 g/mol. The van der Waals surface area contributed by atoms with Crippen LogP contribution in [0.15, 0.2) is 34.6 Å². The molecule has 0 saturated heterocycles. The van der Waals surface area contributed by atoms with Crippen LogP contribution in [0.1, 0.15) is 28.2 Å². The van der Waals surface area contributed by atoms with Crippen molar-refractivity contribution in [3.63, 3.8) is 0 Å². The zero-order valence-electron chi connectivity index (χ0n) is 14.5. The number of hydrogen-bond acceptors (Lipinski definition) is 3. The van der Waals surface area contributed by atoms with Crippen molar-refractivity contribution in [2.24, 2.45) is 4.99 Å². The van der Waals surface area contributed by atoms with E-state index in [0.717, 1.165) is 37.6 Å². The molecule has 124 valence electrons. The van der Waals surface area contributed by atoms with Crippen LogP contribution in [0.4, 0.5) is 0 Å². The third-order valence-electron chi connectivity index (χ3n) is 3.63. The van der Waals surface area contributed by atoms with Gasteiger partial charge in [-0.15, -0.1) is 11.3 Å². The minimum atomic E-state index is 0.853. The summed E-state index contributed by atoms with van der Waals surface area (Å²) in [7, 11) is 3.90. The molecule has 1 N–H and O–H groups in total. The van der Waals surface area contributed by atoms with Gasteiger partial charge in [0.1, 0.15) is 0 Å². The van der Waals surface area contributed by atoms with Gasteiger partial charge in [0.2, 0.25) is 0 Å². The predicted molar refractivity (Wildman–Crippen MR) is 99.2 cm³/mol. The van der Waals surface area contributed by atoms with Gasteiger partial charge in [-0.1, -0.05) is 29.8 Å². The highest BCUT2D eigenvalue weighted by Crippen LogP contribution is 2.10. The fraction of sp³-hybridized carbons (Fsp3) is 0.444. The summed E-state index contributed by atoms with van der Waals surface area (Å²) >= 11 is 1.74. The monoisotopic (exact) mass is 330 g/mol. The summed E-state index contributed by atoms with van der Waals surface area (Å²) in [5, 5.41) is 6.75. The van der Waals surface area contributed by atoms with E-state index in [-0.39, 0.29) is 0 Å². The van der Waals surface area contributed by atoms with E-state index in [1.54, 1.807) is 11.3 Å². The van der Waals surface area contributed by atoms with Gasteiger partial charge in [0.05, 0.1) is 5.01 Å². The molecule has 1 aromatic heterocycles. The number of rotatable bonds is 6. The quantitative estimate of drug-likeness (QED) is 0.501. The highest BCUT2D eigenvalue weighted by atomic mass is 32.1. The maximum absolute atomic E-state index is 4.50. The number of hydrogen-bond donors (Lipinski definition) is 1. The van der Waals surface area contributed by atoms with E-state index in [1.807, 2.05) is 14.0 Å². The molecule has 0 aliphatic rings. The standard InChI is InChI=1S/C18H26N4S/c1-14-7-9-16(10-8-14)12-22(4)18(19-3)20-11-5-6-17-21-15(2)13-23-17/h7-10,13H,5-6,11-12H2,1-4H3,(H,19,20). The van der Waals surface area contributed by atoms with Crippen LogP contribution in [0.25, 0.3) is 0 Å². The minimum Gasteiger partial charge on any atom is -0.356 e. The van der Waals surface area contributed by atoms with E-state index in [4.69, 9.17) is 0 Å². The van der Waals surface area contributed by atoms with Crippen LogP contribution in [0, 0.1) is 13.8 Å². The molecule has 2 rings (SSSR count). The molecule has 5 heteroatoms. The molecule has 0 fully saturated rings. The Bertz CT molecular complexity index is 631. The van der Waals surface area contributed by atoms with Crippen molar-refractivity contribution in [2.45, 2.75) is 33.2 Å². The van der Waals surface area contributed by atoms with Gasteiger partial charge in [-0.25, -0.2) is 4.98 Å². The second kappa shape index (κ2) is 8.67. The zero-order chi connectivity index (χ0) is 16.7. The molecule has 0 radical (unpaired) electrons. The Kier molecular flexibility index (Phi) is 6.59. The largest absolute Gasteiger partial charge is 0.356 e. The van der Waals surface area contributed by atoms with Gasteiger partial charge in [-0.05, 0) is 25.8 Å². The van der Waals surface area contributed by atoms with Crippen LogP contribution in [0.2, 0.25) is 0 Å². The minimum absolute atomic E-state index is 0.853. The molecule has 23 heavy (non-hydrogen) atoms. The van der Waals surface area contributed by atoms with Crippen LogP contribution in [0.5, 0.6) is 0 Å². The summed E-state index contributed by atoms with van der Waals surface area (Å²) in [4.78, 5) is 11.0. The Balaban J connectivity index is 1.76. The summed E-state index contributed by atoms with van der Waals surface area (Å²) in [6.07, 6.45) is 2.08. The van der Waals surface area contributed by atoms with Crippen molar-refractivity contribution in [1.29, 1.82) is 0 Å². The van der Waals surface area contributed by atoms with E-state index in [9.17, 15) is 0 Å². The molecule has 1 heterocycles. The van der Waals surface area contributed by atoms with E-state index < -0.39 is 0 Å². The fourth-order valence-corrected chi connectivity index (χ4v) is 3.20. The first kappa shape index (κ1) is 17.5. The number of nitrogens with zero attached hydrogens (tertiary/aromatic N) is 3. The van der Waals surface area contributed by atoms with Gasteiger partial charge in [0.15, 0.2) is 5.96 Å². The van der Waals surface area contributed by atoms with E-state index in [2.05, 4.69) is 63.8 Å². The number of nitrogens with one attached hydrogen (secondary N) is 1. The first-order valence-corrected chi connectivity index (χ1v) is 8.85. The highest BCUT2D eigenvalue weighted by molar-refractivity contribution is 7.09. The molecular formula is C18H26N4S. The van der Waals surface area contributed by atoms with Crippen molar-refractivity contribution in [3.05, 3.63) is 51.5 Å². The Labute approximate surface area is 143 Å². The molecule has 0 bridgehead atoms. The predicted octanol–water partition coefficient (Wildman–Crippen LogP) is 3.40. The average Bonchev–Trinajstić information content (AvgIpc) is 2.95. The zero-order valence-corrected chi connectivity index (χ0v) is 15.3. The smallest absolute Gasteiger partial charge is 0.193 e. The maximum Gasteiger partial charge on any atom is 0.193 e. The summed E-state index contributed by atoms with van der Waals surface area (Å²) in [5.41, 5.74) is 3.70. The Morgan fingerprint density at radius 2 is 2.00 bits per heavy atom. The molecule has 0 spiro atoms. The second-order valence-corrected chi connectivity index (χ2v) is 6.74. The SMILES string of the molecule is CN=C(NCCCc1nc(C)cs1)N(C)Cc1ccc(C)cc1. The lowest BCUT2D eigenvalue weighted by atomic mass is 10.1. The van der Waals surface area contributed by atoms with Gasteiger partial charge in [-0.2, -0.15) is 0 Å². The maximum atomic E-state index is 4.50. The summed E-state index contributed by atoms with van der Waals surface area (Å²) in [6.45, 7) is 5.91.